The molecule has 3 aromatic rings. The van der Waals surface area contributed by atoms with Crippen molar-refractivity contribution in [3.8, 4) is 11.5 Å². The van der Waals surface area contributed by atoms with Crippen LogP contribution in [0.5, 0.6) is 11.5 Å². The standard InChI is InChI=1S/C24H23NO4S2/c1-17-6-10-19(11-7-17)29-20-12-8-18(9-13-20)25-24(26)22-4-2-3-5-23(22)30-21-14-15-31(27,28)16-21/h2-13,21H,14-16H2,1H3,(H,25,26)/t21-/m0/s1. The lowest BCUT2D eigenvalue weighted by atomic mass is 10.2. The van der Waals surface area contributed by atoms with Gasteiger partial charge in [-0.05, 0) is 61.9 Å². The largest absolute Gasteiger partial charge is 0.457 e. The molecule has 0 aromatic heterocycles. The SMILES string of the molecule is Cc1ccc(Oc2ccc(NC(=O)c3ccccc3S[C@H]3CCS(=O)(=O)C3)cc2)cc1. The molecular weight excluding hydrogens is 430 g/mol. The fraction of sp³-hybridized carbons (Fsp3) is 0.208. The average Bonchev–Trinajstić information content (AvgIpc) is 3.09. The van der Waals surface area contributed by atoms with Crippen molar-refractivity contribution in [3.63, 3.8) is 0 Å². The van der Waals surface area contributed by atoms with Gasteiger partial charge in [-0.15, -0.1) is 11.8 Å². The number of anilines is 1. The van der Waals surface area contributed by atoms with Gasteiger partial charge >= 0.3 is 0 Å². The number of hydrogen-bond donors (Lipinski definition) is 1. The van der Waals surface area contributed by atoms with Gasteiger partial charge in [-0.3, -0.25) is 4.79 Å². The van der Waals surface area contributed by atoms with E-state index in [-0.39, 0.29) is 22.7 Å². The molecule has 0 aliphatic carbocycles. The summed E-state index contributed by atoms with van der Waals surface area (Å²) in [4.78, 5) is 13.7. The summed E-state index contributed by atoms with van der Waals surface area (Å²) in [5, 5.41) is 2.90. The number of nitrogens with one attached hydrogen (secondary N) is 1. The Bertz CT molecular complexity index is 1170. The molecule has 0 saturated carbocycles. The van der Waals surface area contributed by atoms with E-state index in [0.29, 0.717) is 23.4 Å². The Hall–Kier alpha value is -2.77. The van der Waals surface area contributed by atoms with Crippen LogP contribution < -0.4 is 10.1 Å². The van der Waals surface area contributed by atoms with Crippen molar-refractivity contribution in [2.45, 2.75) is 23.5 Å². The van der Waals surface area contributed by atoms with Crippen LogP contribution in [-0.2, 0) is 9.84 Å². The Morgan fingerprint density at radius 2 is 1.61 bits per heavy atom. The van der Waals surface area contributed by atoms with Gasteiger partial charge in [0.05, 0.1) is 17.1 Å². The van der Waals surface area contributed by atoms with Crippen molar-refractivity contribution in [3.05, 3.63) is 83.9 Å². The predicted molar refractivity (Wildman–Crippen MR) is 125 cm³/mol. The van der Waals surface area contributed by atoms with Crippen molar-refractivity contribution < 1.29 is 17.9 Å². The lowest BCUT2D eigenvalue weighted by Gasteiger charge is -2.13. The first-order valence-corrected chi connectivity index (χ1v) is 12.7. The molecule has 4 rings (SSSR count). The zero-order chi connectivity index (χ0) is 21.8. The van der Waals surface area contributed by atoms with Gasteiger partial charge in [0.2, 0.25) is 0 Å². The molecule has 1 fully saturated rings. The minimum atomic E-state index is -2.96. The maximum absolute atomic E-state index is 12.9. The first-order chi connectivity index (χ1) is 14.9. The molecule has 7 heteroatoms. The van der Waals surface area contributed by atoms with Crippen molar-refractivity contribution >= 4 is 33.2 Å². The Kier molecular flexibility index (Phi) is 6.34. The molecule has 1 atom stereocenters. The number of thioether (sulfide) groups is 1. The third kappa shape index (κ3) is 5.68. The summed E-state index contributed by atoms with van der Waals surface area (Å²) in [6, 6.07) is 22.3. The summed E-state index contributed by atoms with van der Waals surface area (Å²) in [5.41, 5.74) is 2.36. The highest BCUT2D eigenvalue weighted by Crippen LogP contribution is 2.33. The number of ether oxygens (including phenoxy) is 1. The van der Waals surface area contributed by atoms with E-state index in [0.717, 1.165) is 10.6 Å². The van der Waals surface area contributed by atoms with E-state index in [2.05, 4.69) is 5.32 Å². The second-order valence-electron chi connectivity index (χ2n) is 7.53. The highest BCUT2D eigenvalue weighted by Gasteiger charge is 2.29. The number of carbonyl (C=O) groups is 1. The third-order valence-electron chi connectivity index (χ3n) is 4.98. The molecule has 1 aliphatic rings. The predicted octanol–water partition coefficient (Wildman–Crippen LogP) is 5.32. The second kappa shape index (κ2) is 9.16. The second-order valence-corrected chi connectivity index (χ2v) is 11.1. The van der Waals surface area contributed by atoms with E-state index in [1.54, 1.807) is 30.3 Å². The molecule has 1 aliphatic heterocycles. The van der Waals surface area contributed by atoms with Crippen molar-refractivity contribution in [1.82, 2.24) is 0 Å². The van der Waals surface area contributed by atoms with Crippen LogP contribution in [0.1, 0.15) is 22.3 Å². The normalized spacial score (nSPS) is 17.3. The quantitative estimate of drug-likeness (QED) is 0.547. The fourth-order valence-electron chi connectivity index (χ4n) is 3.34. The minimum Gasteiger partial charge on any atom is -0.457 e. The van der Waals surface area contributed by atoms with E-state index in [1.165, 1.54) is 17.3 Å². The van der Waals surface area contributed by atoms with E-state index in [1.807, 2.05) is 49.4 Å². The summed E-state index contributed by atoms with van der Waals surface area (Å²) in [5.74, 6) is 1.59. The summed E-state index contributed by atoms with van der Waals surface area (Å²) in [7, 11) is -2.96. The molecule has 0 unspecified atom stereocenters. The van der Waals surface area contributed by atoms with Gasteiger partial charge in [0.1, 0.15) is 11.5 Å². The average molecular weight is 454 g/mol. The molecule has 1 amide bonds. The summed E-state index contributed by atoms with van der Waals surface area (Å²) >= 11 is 1.46. The molecule has 160 valence electrons. The summed E-state index contributed by atoms with van der Waals surface area (Å²) in [6.07, 6.45) is 0.616. The van der Waals surface area contributed by atoms with Crippen molar-refractivity contribution in [2.75, 3.05) is 16.8 Å². The van der Waals surface area contributed by atoms with Crippen molar-refractivity contribution in [1.29, 1.82) is 0 Å². The van der Waals surface area contributed by atoms with E-state index < -0.39 is 9.84 Å². The molecule has 1 saturated heterocycles. The zero-order valence-corrected chi connectivity index (χ0v) is 18.7. The lowest BCUT2D eigenvalue weighted by molar-refractivity contribution is 0.102. The van der Waals surface area contributed by atoms with Gasteiger partial charge < -0.3 is 10.1 Å². The number of benzene rings is 3. The number of carbonyl (C=O) groups excluding carboxylic acids is 1. The lowest BCUT2D eigenvalue weighted by Crippen LogP contribution is -2.14. The topological polar surface area (TPSA) is 72.5 Å². The Morgan fingerprint density at radius 3 is 2.26 bits per heavy atom. The van der Waals surface area contributed by atoms with Gasteiger partial charge in [0, 0.05) is 15.8 Å². The molecule has 1 N–H and O–H groups in total. The van der Waals surface area contributed by atoms with E-state index in [4.69, 9.17) is 4.74 Å². The summed E-state index contributed by atoms with van der Waals surface area (Å²) < 4.78 is 29.3. The van der Waals surface area contributed by atoms with Crippen LogP contribution in [0.3, 0.4) is 0 Å². The molecule has 0 radical (unpaired) electrons. The maximum Gasteiger partial charge on any atom is 0.256 e. The first kappa shape index (κ1) is 21.5. The number of sulfone groups is 1. The fourth-order valence-corrected chi connectivity index (χ4v) is 6.96. The van der Waals surface area contributed by atoms with E-state index >= 15 is 0 Å². The van der Waals surface area contributed by atoms with Crippen LogP contribution in [0, 0.1) is 6.92 Å². The molecular formula is C24H23NO4S2. The highest BCUT2D eigenvalue weighted by molar-refractivity contribution is 8.02. The van der Waals surface area contributed by atoms with Crippen LogP contribution in [0.15, 0.2) is 77.7 Å². The van der Waals surface area contributed by atoms with Crippen LogP contribution >= 0.6 is 11.8 Å². The molecule has 0 bridgehead atoms. The van der Waals surface area contributed by atoms with Gasteiger partial charge in [0.25, 0.3) is 5.91 Å². The smallest absolute Gasteiger partial charge is 0.256 e. The number of hydrogen-bond acceptors (Lipinski definition) is 5. The molecule has 5 nitrogen and oxygen atoms in total. The van der Waals surface area contributed by atoms with Crippen LogP contribution in [0.2, 0.25) is 0 Å². The van der Waals surface area contributed by atoms with Crippen LogP contribution in [0.4, 0.5) is 5.69 Å². The van der Waals surface area contributed by atoms with E-state index in [9.17, 15) is 13.2 Å². The zero-order valence-electron chi connectivity index (χ0n) is 17.1. The molecule has 3 aromatic carbocycles. The number of amides is 1. The highest BCUT2D eigenvalue weighted by atomic mass is 32.2. The number of aryl methyl sites for hydroxylation is 1. The molecule has 0 spiro atoms. The van der Waals surface area contributed by atoms with Gasteiger partial charge in [0.15, 0.2) is 9.84 Å². The number of rotatable bonds is 6. The Balaban J connectivity index is 1.42. The summed E-state index contributed by atoms with van der Waals surface area (Å²) in [6.45, 7) is 2.02. The third-order valence-corrected chi connectivity index (χ3v) is 8.31. The van der Waals surface area contributed by atoms with Crippen molar-refractivity contribution in [2.24, 2.45) is 0 Å². The monoisotopic (exact) mass is 453 g/mol. The molecule has 1 heterocycles. The van der Waals surface area contributed by atoms with Gasteiger partial charge in [-0.25, -0.2) is 8.42 Å². The minimum absolute atomic E-state index is 0.0165. The Morgan fingerprint density at radius 1 is 0.968 bits per heavy atom. The van der Waals surface area contributed by atoms with Gasteiger partial charge in [-0.1, -0.05) is 29.8 Å². The molecule has 31 heavy (non-hydrogen) atoms. The maximum atomic E-state index is 12.9. The van der Waals surface area contributed by atoms with Gasteiger partial charge in [-0.2, -0.15) is 0 Å². The first-order valence-electron chi connectivity index (χ1n) is 10.00. The van der Waals surface area contributed by atoms with Crippen LogP contribution in [-0.4, -0.2) is 31.1 Å². The Labute approximate surface area is 186 Å². The van der Waals surface area contributed by atoms with Crippen LogP contribution in [0.25, 0.3) is 0 Å².